The van der Waals surface area contributed by atoms with Gasteiger partial charge in [-0.05, 0) is 39.8 Å². The van der Waals surface area contributed by atoms with Gasteiger partial charge >= 0.3 is 0 Å². The monoisotopic (exact) mass is 291 g/mol. The van der Waals surface area contributed by atoms with Gasteiger partial charge in [0.25, 0.3) is 0 Å². The van der Waals surface area contributed by atoms with E-state index in [0.29, 0.717) is 11.6 Å². The summed E-state index contributed by atoms with van der Waals surface area (Å²) in [5.41, 5.74) is -0.554. The van der Waals surface area contributed by atoms with Gasteiger partial charge in [0.15, 0.2) is 0 Å². The lowest BCUT2D eigenvalue weighted by Crippen LogP contribution is -2.40. The Balaban J connectivity index is 3.23. The molecule has 0 saturated heterocycles. The van der Waals surface area contributed by atoms with Gasteiger partial charge < -0.3 is 4.74 Å². The van der Waals surface area contributed by atoms with Crippen molar-refractivity contribution >= 4 is 21.6 Å². The number of nitrogens with one attached hydrogen (secondary N) is 1. The Morgan fingerprint density at radius 3 is 2.44 bits per heavy atom. The predicted octanol–water partition coefficient (Wildman–Crippen LogP) is 2.82. The van der Waals surface area contributed by atoms with Crippen molar-refractivity contribution in [1.29, 1.82) is 0 Å². The molecule has 0 radical (unpaired) electrons. The highest BCUT2D eigenvalue weighted by atomic mass is 35.5. The molecule has 0 atom stereocenters. The molecule has 102 valence electrons. The van der Waals surface area contributed by atoms with Crippen LogP contribution in [0.4, 0.5) is 0 Å². The number of hydrogen-bond acceptors (Lipinski definition) is 3. The van der Waals surface area contributed by atoms with E-state index < -0.39 is 15.6 Å². The lowest BCUT2D eigenvalue weighted by Gasteiger charge is -2.21. The normalized spacial score (nSPS) is 12.5. The van der Waals surface area contributed by atoms with Crippen molar-refractivity contribution in [1.82, 2.24) is 4.72 Å². The van der Waals surface area contributed by atoms with Crippen LogP contribution in [-0.4, -0.2) is 20.6 Å². The fourth-order valence-corrected chi connectivity index (χ4v) is 3.14. The maximum Gasteiger partial charge on any atom is 0.244 e. The van der Waals surface area contributed by atoms with Crippen molar-refractivity contribution in [2.24, 2.45) is 0 Å². The molecule has 0 bridgehead atoms. The van der Waals surface area contributed by atoms with Crippen molar-refractivity contribution in [2.45, 2.75) is 38.1 Å². The van der Waals surface area contributed by atoms with Gasteiger partial charge in [0.2, 0.25) is 10.0 Å². The van der Waals surface area contributed by atoms with Crippen molar-refractivity contribution in [3.63, 3.8) is 0 Å². The molecule has 0 aliphatic carbocycles. The molecule has 0 heterocycles. The second-order valence-corrected chi connectivity index (χ2v) is 6.97. The highest BCUT2D eigenvalue weighted by molar-refractivity contribution is 7.89. The number of rotatable bonds is 4. The molecule has 1 rings (SSSR count). The van der Waals surface area contributed by atoms with Gasteiger partial charge in [-0.15, -0.1) is 0 Å². The van der Waals surface area contributed by atoms with Gasteiger partial charge in [0, 0.05) is 16.6 Å². The van der Waals surface area contributed by atoms with E-state index in [1.807, 2.05) is 0 Å². The van der Waals surface area contributed by atoms with Crippen molar-refractivity contribution < 1.29 is 13.2 Å². The summed E-state index contributed by atoms with van der Waals surface area (Å²) in [7, 11) is -3.62. The van der Waals surface area contributed by atoms with E-state index in [9.17, 15) is 8.42 Å². The van der Waals surface area contributed by atoms with Crippen LogP contribution >= 0.6 is 11.6 Å². The summed E-state index contributed by atoms with van der Waals surface area (Å²) in [5.74, 6) is 0.266. The number of sulfonamides is 1. The summed E-state index contributed by atoms with van der Waals surface area (Å²) in [4.78, 5) is 0.101. The van der Waals surface area contributed by atoms with Gasteiger partial charge in [-0.3, -0.25) is 0 Å². The number of ether oxygens (including phenoxy) is 1. The maximum atomic E-state index is 12.2. The molecular formula is C12H18ClNO3S. The summed E-state index contributed by atoms with van der Waals surface area (Å²) in [6, 6.07) is 4.48. The van der Waals surface area contributed by atoms with E-state index in [-0.39, 0.29) is 10.6 Å². The first kappa shape index (κ1) is 15.3. The minimum Gasteiger partial charge on any atom is -0.492 e. The topological polar surface area (TPSA) is 55.4 Å². The smallest absolute Gasteiger partial charge is 0.244 e. The van der Waals surface area contributed by atoms with E-state index in [1.54, 1.807) is 27.7 Å². The van der Waals surface area contributed by atoms with Crippen LogP contribution in [0.15, 0.2) is 23.1 Å². The molecule has 1 N–H and O–H groups in total. The van der Waals surface area contributed by atoms with Crippen LogP contribution in [0.1, 0.15) is 27.7 Å². The molecule has 0 spiro atoms. The average molecular weight is 292 g/mol. The molecule has 0 aliphatic rings. The SMILES string of the molecule is CCOc1cc(Cl)ccc1S(=O)(=O)NC(C)(C)C. The van der Waals surface area contributed by atoms with Crippen molar-refractivity contribution in [2.75, 3.05) is 6.61 Å². The Morgan fingerprint density at radius 1 is 1.33 bits per heavy atom. The molecule has 0 amide bonds. The molecule has 0 aromatic heterocycles. The lowest BCUT2D eigenvalue weighted by molar-refractivity contribution is 0.330. The van der Waals surface area contributed by atoms with Gasteiger partial charge in [0.1, 0.15) is 10.6 Å². The third-order valence-electron chi connectivity index (χ3n) is 1.94. The quantitative estimate of drug-likeness (QED) is 0.928. The molecule has 0 aliphatic heterocycles. The van der Waals surface area contributed by atoms with Crippen molar-refractivity contribution in [3.05, 3.63) is 23.2 Å². The Hall–Kier alpha value is -0.780. The van der Waals surface area contributed by atoms with E-state index in [2.05, 4.69) is 4.72 Å². The Kier molecular flexibility index (Phi) is 4.64. The van der Waals surface area contributed by atoms with E-state index in [1.165, 1.54) is 18.2 Å². The number of hydrogen-bond donors (Lipinski definition) is 1. The molecule has 0 fully saturated rings. The molecule has 1 aromatic rings. The summed E-state index contributed by atoms with van der Waals surface area (Å²) < 4.78 is 32.3. The first-order chi connectivity index (χ1) is 8.15. The van der Waals surface area contributed by atoms with Crippen LogP contribution in [0.5, 0.6) is 5.75 Å². The minimum atomic E-state index is -3.62. The Labute approximate surface area is 113 Å². The fourth-order valence-electron chi connectivity index (χ4n) is 1.43. The molecule has 0 saturated carbocycles. The summed E-state index contributed by atoms with van der Waals surface area (Å²) in [5, 5.41) is 0.438. The van der Waals surface area contributed by atoms with Crippen LogP contribution in [0.2, 0.25) is 5.02 Å². The molecular weight excluding hydrogens is 274 g/mol. The Bertz CT molecular complexity index is 521. The van der Waals surface area contributed by atoms with Crippen LogP contribution < -0.4 is 9.46 Å². The van der Waals surface area contributed by atoms with Gasteiger partial charge in [-0.1, -0.05) is 11.6 Å². The Morgan fingerprint density at radius 2 is 1.94 bits per heavy atom. The number of benzene rings is 1. The first-order valence-electron chi connectivity index (χ1n) is 5.62. The average Bonchev–Trinajstić information content (AvgIpc) is 2.13. The molecule has 4 nitrogen and oxygen atoms in total. The maximum absolute atomic E-state index is 12.2. The van der Waals surface area contributed by atoms with Crippen LogP contribution in [0, 0.1) is 0 Å². The van der Waals surface area contributed by atoms with Crippen molar-refractivity contribution in [3.8, 4) is 5.75 Å². The van der Waals surface area contributed by atoms with E-state index >= 15 is 0 Å². The third kappa shape index (κ3) is 4.15. The van der Waals surface area contributed by atoms with Crippen LogP contribution in [-0.2, 0) is 10.0 Å². The molecule has 0 unspecified atom stereocenters. The summed E-state index contributed by atoms with van der Waals surface area (Å²) in [6.07, 6.45) is 0. The van der Waals surface area contributed by atoms with Crippen LogP contribution in [0.3, 0.4) is 0 Å². The third-order valence-corrected chi connectivity index (χ3v) is 3.97. The van der Waals surface area contributed by atoms with Crippen LogP contribution in [0.25, 0.3) is 0 Å². The lowest BCUT2D eigenvalue weighted by atomic mass is 10.1. The first-order valence-corrected chi connectivity index (χ1v) is 7.48. The van der Waals surface area contributed by atoms with E-state index in [0.717, 1.165) is 0 Å². The predicted molar refractivity (Wildman–Crippen MR) is 72.7 cm³/mol. The minimum absolute atomic E-state index is 0.101. The molecule has 18 heavy (non-hydrogen) atoms. The van der Waals surface area contributed by atoms with Gasteiger partial charge in [0.05, 0.1) is 6.61 Å². The van der Waals surface area contributed by atoms with E-state index in [4.69, 9.17) is 16.3 Å². The highest BCUT2D eigenvalue weighted by Crippen LogP contribution is 2.28. The second-order valence-electron chi connectivity index (χ2n) is 4.88. The largest absolute Gasteiger partial charge is 0.492 e. The summed E-state index contributed by atoms with van der Waals surface area (Å²) >= 11 is 5.84. The highest BCUT2D eigenvalue weighted by Gasteiger charge is 2.25. The zero-order valence-corrected chi connectivity index (χ0v) is 12.5. The standard InChI is InChI=1S/C12H18ClNO3S/c1-5-17-10-8-9(13)6-7-11(10)18(15,16)14-12(2,3)4/h6-8,14H,5H2,1-4H3. The molecule has 6 heteroatoms. The van der Waals surface area contributed by atoms with Gasteiger partial charge in [-0.2, -0.15) is 0 Å². The summed E-state index contributed by atoms with van der Waals surface area (Å²) in [6.45, 7) is 7.50. The second kappa shape index (κ2) is 5.47. The fraction of sp³-hybridized carbons (Fsp3) is 0.500. The zero-order chi connectivity index (χ0) is 14.0. The van der Waals surface area contributed by atoms with Gasteiger partial charge in [-0.25, -0.2) is 13.1 Å². The zero-order valence-electron chi connectivity index (χ0n) is 11.0. The molecule has 1 aromatic carbocycles. The number of halogens is 1.